The zero-order valence-corrected chi connectivity index (χ0v) is 19.8. The quantitative estimate of drug-likeness (QED) is 0.387. The van der Waals surface area contributed by atoms with Crippen LogP contribution in [-0.2, 0) is 29.4 Å². The van der Waals surface area contributed by atoms with Crippen molar-refractivity contribution in [3.63, 3.8) is 0 Å². The van der Waals surface area contributed by atoms with Gasteiger partial charge in [-0.05, 0) is 17.7 Å². The highest BCUT2D eigenvalue weighted by Crippen LogP contribution is 2.35. The summed E-state index contributed by atoms with van der Waals surface area (Å²) in [7, 11) is 1.61. The number of methoxy groups -OCH3 is 1. The number of thioether (sulfide) groups is 1. The lowest BCUT2D eigenvalue weighted by atomic mass is 10.1. The van der Waals surface area contributed by atoms with Crippen LogP contribution in [0.5, 0.6) is 5.75 Å². The Morgan fingerprint density at radius 1 is 1.11 bits per heavy atom. The maximum absolute atomic E-state index is 13.0. The molecule has 0 fully saturated rings. The molecule has 1 aliphatic rings. The summed E-state index contributed by atoms with van der Waals surface area (Å²) in [4.78, 5) is 25.6. The molecule has 5 rings (SSSR count). The normalized spacial score (nSPS) is 12.3. The number of carbonyl (C=O) groups excluding carboxylic acids is 2. The molecule has 9 nitrogen and oxygen atoms in total. The molecule has 3 heterocycles. The summed E-state index contributed by atoms with van der Waals surface area (Å²) in [5.74, 6) is 2.59. The van der Waals surface area contributed by atoms with E-state index >= 15 is 0 Å². The number of nitrogens with zero attached hydrogens (tertiary/aromatic N) is 3. The van der Waals surface area contributed by atoms with E-state index < -0.39 is 5.91 Å². The second kappa shape index (κ2) is 10.1. The molecule has 0 spiro atoms. The number of hydrogen-bond donors (Lipinski definition) is 2. The van der Waals surface area contributed by atoms with Crippen molar-refractivity contribution in [3.05, 3.63) is 83.2 Å². The van der Waals surface area contributed by atoms with Crippen LogP contribution in [0.25, 0.3) is 11.3 Å². The Labute approximate surface area is 205 Å². The van der Waals surface area contributed by atoms with E-state index in [1.54, 1.807) is 29.6 Å². The summed E-state index contributed by atoms with van der Waals surface area (Å²) in [5.41, 5.74) is 3.73. The van der Waals surface area contributed by atoms with Crippen molar-refractivity contribution < 1.29 is 18.8 Å². The van der Waals surface area contributed by atoms with Crippen LogP contribution in [0, 0.1) is 0 Å². The van der Waals surface area contributed by atoms with E-state index in [2.05, 4.69) is 20.9 Å². The van der Waals surface area contributed by atoms with Crippen LogP contribution in [0.1, 0.15) is 27.3 Å². The molecule has 1 aliphatic heterocycles. The number of fused-ring (bicyclic) bond motifs is 1. The molecule has 178 valence electrons. The molecule has 0 bridgehead atoms. The van der Waals surface area contributed by atoms with Crippen LogP contribution in [0.2, 0.25) is 0 Å². The van der Waals surface area contributed by atoms with Gasteiger partial charge in [0.1, 0.15) is 18.1 Å². The fourth-order valence-electron chi connectivity index (χ4n) is 3.75. The molecule has 2 N–H and O–H groups in total. The van der Waals surface area contributed by atoms with Gasteiger partial charge in [0.2, 0.25) is 5.91 Å². The highest BCUT2D eigenvalue weighted by molar-refractivity contribution is 7.98. The molecule has 0 saturated carbocycles. The minimum atomic E-state index is -0.421. The second-order valence-corrected chi connectivity index (χ2v) is 8.93. The molecule has 0 radical (unpaired) electrons. The minimum Gasteiger partial charge on any atom is -0.497 e. The highest BCUT2D eigenvalue weighted by Gasteiger charge is 2.26. The van der Waals surface area contributed by atoms with Crippen molar-refractivity contribution in [3.8, 4) is 17.1 Å². The number of rotatable bonds is 8. The van der Waals surface area contributed by atoms with Crippen LogP contribution in [0.4, 0.5) is 5.82 Å². The largest absolute Gasteiger partial charge is 0.497 e. The monoisotopic (exact) mass is 489 g/mol. The maximum atomic E-state index is 13.0. The summed E-state index contributed by atoms with van der Waals surface area (Å²) in [5, 5.41) is 14.3. The Morgan fingerprint density at radius 2 is 1.91 bits per heavy atom. The number of anilines is 1. The van der Waals surface area contributed by atoms with Crippen molar-refractivity contribution in [1.29, 1.82) is 0 Å². The molecular formula is C25H23N5O4S. The number of carbonyl (C=O) groups is 2. The van der Waals surface area contributed by atoms with Crippen LogP contribution >= 0.6 is 11.8 Å². The number of aromatic nitrogens is 3. The number of amides is 2. The molecule has 4 aromatic rings. The zero-order valence-electron chi connectivity index (χ0n) is 19.0. The van der Waals surface area contributed by atoms with Crippen molar-refractivity contribution in [2.75, 3.05) is 12.4 Å². The van der Waals surface area contributed by atoms with Gasteiger partial charge in [0.05, 0.1) is 12.8 Å². The minimum absolute atomic E-state index is 0.0164. The predicted molar refractivity (Wildman–Crippen MR) is 132 cm³/mol. The molecule has 0 saturated heterocycles. The smallest absolute Gasteiger partial charge is 0.279 e. The van der Waals surface area contributed by atoms with E-state index in [4.69, 9.17) is 9.26 Å². The third-order valence-electron chi connectivity index (χ3n) is 5.59. The van der Waals surface area contributed by atoms with Gasteiger partial charge >= 0.3 is 0 Å². The first kappa shape index (κ1) is 22.7. The topological polar surface area (TPSA) is 111 Å². The van der Waals surface area contributed by atoms with Gasteiger partial charge in [-0.15, -0.1) is 0 Å². The van der Waals surface area contributed by atoms with Crippen molar-refractivity contribution in [2.45, 2.75) is 24.6 Å². The Balaban J connectivity index is 1.28. The summed E-state index contributed by atoms with van der Waals surface area (Å²) in [6.45, 7) is 0.361. The summed E-state index contributed by atoms with van der Waals surface area (Å²) in [6.07, 6.45) is 0. The molecule has 2 aromatic carbocycles. The van der Waals surface area contributed by atoms with E-state index in [-0.39, 0.29) is 18.1 Å². The number of benzene rings is 2. The molecule has 35 heavy (non-hydrogen) atoms. The van der Waals surface area contributed by atoms with Crippen molar-refractivity contribution in [2.24, 2.45) is 0 Å². The molecule has 0 aliphatic carbocycles. The van der Waals surface area contributed by atoms with E-state index in [1.165, 1.54) is 0 Å². The Morgan fingerprint density at radius 3 is 2.69 bits per heavy atom. The maximum Gasteiger partial charge on any atom is 0.279 e. The van der Waals surface area contributed by atoms with Crippen LogP contribution < -0.4 is 15.4 Å². The first-order chi connectivity index (χ1) is 17.1. The van der Waals surface area contributed by atoms with Gasteiger partial charge in [-0.3, -0.25) is 9.59 Å². The van der Waals surface area contributed by atoms with Gasteiger partial charge in [-0.2, -0.15) is 16.9 Å². The molecule has 2 amide bonds. The fourth-order valence-corrected chi connectivity index (χ4v) is 4.78. The summed E-state index contributed by atoms with van der Waals surface area (Å²) < 4.78 is 12.1. The SMILES string of the molecule is COc1ccc(CNC(=O)Cn2nc3c(c2NC(=O)c2cc(-c4ccccc4)on2)CSC3)cc1. The Kier molecular flexibility index (Phi) is 6.53. The van der Waals surface area contributed by atoms with E-state index in [1.807, 2.05) is 54.6 Å². The van der Waals surface area contributed by atoms with Crippen LogP contribution in [-0.4, -0.2) is 33.9 Å². The lowest BCUT2D eigenvalue weighted by molar-refractivity contribution is -0.122. The lowest BCUT2D eigenvalue weighted by Crippen LogP contribution is -2.28. The zero-order chi connectivity index (χ0) is 24.2. The van der Waals surface area contributed by atoms with Gasteiger partial charge in [0, 0.05) is 35.2 Å². The highest BCUT2D eigenvalue weighted by atomic mass is 32.2. The Hall–Kier alpha value is -4.05. The number of ether oxygens (including phenoxy) is 1. The first-order valence-electron chi connectivity index (χ1n) is 11.0. The van der Waals surface area contributed by atoms with Crippen LogP contribution in [0.3, 0.4) is 0 Å². The predicted octanol–water partition coefficient (Wildman–Crippen LogP) is 3.86. The Bertz CT molecular complexity index is 1350. The van der Waals surface area contributed by atoms with Crippen LogP contribution in [0.15, 0.2) is 65.2 Å². The number of nitrogens with one attached hydrogen (secondary N) is 2. The summed E-state index contributed by atoms with van der Waals surface area (Å²) in [6, 6.07) is 18.5. The third kappa shape index (κ3) is 5.07. The molecular weight excluding hydrogens is 466 g/mol. The molecule has 0 atom stereocenters. The van der Waals surface area contributed by atoms with Crippen molar-refractivity contribution >= 4 is 29.4 Å². The van der Waals surface area contributed by atoms with Gasteiger partial charge in [0.25, 0.3) is 5.91 Å². The first-order valence-corrected chi connectivity index (χ1v) is 12.2. The fraction of sp³-hybridized carbons (Fsp3) is 0.200. The standard InChI is InChI=1S/C25H23N5O4S/c1-33-18-9-7-16(8-10-18)12-26-23(31)13-30-24(19-14-35-15-21(19)28-30)27-25(32)20-11-22(34-29-20)17-5-3-2-4-6-17/h2-11H,12-15H2,1H3,(H,26,31)(H,27,32). The lowest BCUT2D eigenvalue weighted by Gasteiger charge is -2.11. The van der Waals surface area contributed by atoms with Gasteiger partial charge in [-0.25, -0.2) is 4.68 Å². The molecule has 2 aromatic heterocycles. The molecule has 0 unspecified atom stereocenters. The van der Waals surface area contributed by atoms with E-state index in [0.717, 1.165) is 33.9 Å². The average Bonchev–Trinajstić information content (AvgIpc) is 3.62. The average molecular weight is 490 g/mol. The van der Waals surface area contributed by atoms with Gasteiger partial charge < -0.3 is 19.9 Å². The van der Waals surface area contributed by atoms with Gasteiger partial charge in [-0.1, -0.05) is 47.6 Å². The molecule has 10 heteroatoms. The number of hydrogen-bond acceptors (Lipinski definition) is 7. The summed E-state index contributed by atoms with van der Waals surface area (Å²) >= 11 is 1.71. The third-order valence-corrected chi connectivity index (χ3v) is 6.56. The van der Waals surface area contributed by atoms with Crippen molar-refractivity contribution in [1.82, 2.24) is 20.3 Å². The van der Waals surface area contributed by atoms with E-state index in [9.17, 15) is 9.59 Å². The van der Waals surface area contributed by atoms with Gasteiger partial charge in [0.15, 0.2) is 11.5 Å². The van der Waals surface area contributed by atoms with E-state index in [0.29, 0.717) is 23.9 Å². The second-order valence-electron chi connectivity index (χ2n) is 7.95.